The van der Waals surface area contributed by atoms with E-state index in [1.165, 1.54) is 38.5 Å². The Bertz CT molecular complexity index is 325. The quantitative estimate of drug-likeness (QED) is 0.227. The van der Waals surface area contributed by atoms with E-state index in [-0.39, 0.29) is 24.0 Å². The van der Waals surface area contributed by atoms with E-state index in [0.29, 0.717) is 19.1 Å². The van der Waals surface area contributed by atoms with Crippen LogP contribution in [0.5, 0.6) is 0 Å². The summed E-state index contributed by atoms with van der Waals surface area (Å²) in [6.45, 7) is 9.86. The fourth-order valence-corrected chi connectivity index (χ4v) is 2.41. The minimum absolute atomic E-state index is 0. The van der Waals surface area contributed by atoms with E-state index in [1.807, 2.05) is 0 Å². The molecule has 5 nitrogen and oxygen atoms in total. The molecule has 144 valence electrons. The van der Waals surface area contributed by atoms with Crippen molar-refractivity contribution in [2.75, 3.05) is 32.8 Å². The summed E-state index contributed by atoms with van der Waals surface area (Å²) in [4.78, 5) is 4.67. The van der Waals surface area contributed by atoms with Gasteiger partial charge in [-0.2, -0.15) is 0 Å². The third kappa shape index (κ3) is 12.3. The molecular formula is C18H38IN3O2. The molecule has 0 aromatic rings. The van der Waals surface area contributed by atoms with Crippen molar-refractivity contribution >= 4 is 29.9 Å². The zero-order chi connectivity index (χ0) is 16.9. The van der Waals surface area contributed by atoms with E-state index in [1.54, 1.807) is 0 Å². The lowest BCUT2D eigenvalue weighted by molar-refractivity contribution is 0.0345. The predicted octanol–water partition coefficient (Wildman–Crippen LogP) is 3.16. The molecule has 0 heterocycles. The fraction of sp³-hybridized carbons (Fsp3) is 0.944. The Balaban J connectivity index is 0.00000529. The molecule has 1 aliphatic carbocycles. The molecule has 0 aromatic heterocycles. The number of aliphatic hydroxyl groups is 1. The van der Waals surface area contributed by atoms with Gasteiger partial charge in [0.15, 0.2) is 5.96 Å². The highest BCUT2D eigenvalue weighted by atomic mass is 127. The molecule has 6 heteroatoms. The second-order valence-corrected chi connectivity index (χ2v) is 6.65. The highest BCUT2D eigenvalue weighted by Gasteiger charge is 2.21. The van der Waals surface area contributed by atoms with E-state index in [4.69, 9.17) is 4.74 Å². The van der Waals surface area contributed by atoms with Gasteiger partial charge >= 0.3 is 0 Å². The summed E-state index contributed by atoms with van der Waals surface area (Å²) in [6.07, 6.45) is 7.00. The first kappa shape index (κ1) is 23.9. The maximum atomic E-state index is 9.97. The Morgan fingerprint density at radius 2 is 2.00 bits per heavy atom. The number of nitrogens with zero attached hydrogens (tertiary/aromatic N) is 1. The first-order valence-electron chi connectivity index (χ1n) is 9.47. The molecule has 0 aliphatic heterocycles. The van der Waals surface area contributed by atoms with Crippen molar-refractivity contribution in [1.82, 2.24) is 10.6 Å². The van der Waals surface area contributed by atoms with Gasteiger partial charge in [0.2, 0.25) is 0 Å². The third-order valence-electron chi connectivity index (χ3n) is 4.26. The summed E-state index contributed by atoms with van der Waals surface area (Å²) in [6, 6.07) is 0. The van der Waals surface area contributed by atoms with Crippen LogP contribution in [0.3, 0.4) is 0 Å². The highest BCUT2D eigenvalue weighted by Crippen LogP contribution is 2.28. The van der Waals surface area contributed by atoms with Crippen molar-refractivity contribution in [3.05, 3.63) is 0 Å². The lowest BCUT2D eigenvalue weighted by Crippen LogP contribution is -2.42. The molecule has 1 rings (SSSR count). The van der Waals surface area contributed by atoms with Gasteiger partial charge in [0.1, 0.15) is 0 Å². The third-order valence-corrected chi connectivity index (χ3v) is 4.26. The SMILES string of the molecule is CCCCC(CC)CN=C(NCC)NCC(O)COCC1CC1.I. The number of unbranched alkanes of at least 4 members (excludes halogenated alkanes) is 1. The van der Waals surface area contributed by atoms with Crippen LogP contribution in [0.2, 0.25) is 0 Å². The lowest BCUT2D eigenvalue weighted by Gasteiger charge is -2.17. The van der Waals surface area contributed by atoms with Crippen LogP contribution < -0.4 is 10.6 Å². The maximum Gasteiger partial charge on any atom is 0.191 e. The number of aliphatic imine (C=N–C) groups is 1. The van der Waals surface area contributed by atoms with Gasteiger partial charge in [0.05, 0.1) is 12.7 Å². The highest BCUT2D eigenvalue weighted by molar-refractivity contribution is 14.0. The monoisotopic (exact) mass is 455 g/mol. The molecule has 2 unspecified atom stereocenters. The molecule has 1 saturated carbocycles. The molecule has 24 heavy (non-hydrogen) atoms. The van der Waals surface area contributed by atoms with Crippen molar-refractivity contribution in [2.45, 2.75) is 65.4 Å². The zero-order valence-electron chi connectivity index (χ0n) is 15.7. The smallest absolute Gasteiger partial charge is 0.191 e. The molecule has 0 spiro atoms. The normalized spacial score (nSPS) is 17.1. The first-order valence-corrected chi connectivity index (χ1v) is 9.47. The molecule has 0 aromatic carbocycles. The van der Waals surface area contributed by atoms with Crippen molar-refractivity contribution in [1.29, 1.82) is 0 Å². The summed E-state index contributed by atoms with van der Waals surface area (Å²) in [7, 11) is 0. The zero-order valence-corrected chi connectivity index (χ0v) is 18.1. The van der Waals surface area contributed by atoms with E-state index >= 15 is 0 Å². The predicted molar refractivity (Wildman–Crippen MR) is 112 cm³/mol. The van der Waals surface area contributed by atoms with Crippen LogP contribution in [0.25, 0.3) is 0 Å². The minimum Gasteiger partial charge on any atom is -0.389 e. The van der Waals surface area contributed by atoms with Gasteiger partial charge in [-0.1, -0.05) is 33.1 Å². The number of hydrogen-bond donors (Lipinski definition) is 3. The Hall–Kier alpha value is -0.0800. The van der Waals surface area contributed by atoms with Crippen molar-refractivity contribution in [3.63, 3.8) is 0 Å². The van der Waals surface area contributed by atoms with Crippen molar-refractivity contribution in [3.8, 4) is 0 Å². The van der Waals surface area contributed by atoms with E-state index < -0.39 is 6.10 Å². The number of nitrogens with one attached hydrogen (secondary N) is 2. The Morgan fingerprint density at radius 3 is 2.58 bits per heavy atom. The topological polar surface area (TPSA) is 65.9 Å². The Kier molecular flexibility index (Phi) is 15.1. The number of guanidine groups is 1. The molecular weight excluding hydrogens is 417 g/mol. The summed E-state index contributed by atoms with van der Waals surface area (Å²) < 4.78 is 5.52. The molecule has 0 bridgehead atoms. The number of rotatable bonds is 13. The molecule has 2 atom stereocenters. The standard InChI is InChI=1S/C18H37N3O2.HI/c1-4-7-8-15(5-2)11-20-18(19-6-3)21-12-17(22)14-23-13-16-9-10-16;/h15-17,22H,4-14H2,1-3H3,(H2,19,20,21);1H. The van der Waals surface area contributed by atoms with Crippen molar-refractivity contribution < 1.29 is 9.84 Å². The van der Waals surface area contributed by atoms with Gasteiger partial charge in [-0.05, 0) is 38.0 Å². The van der Waals surface area contributed by atoms with Crippen LogP contribution in [0, 0.1) is 11.8 Å². The summed E-state index contributed by atoms with van der Waals surface area (Å²) in [5.41, 5.74) is 0. The van der Waals surface area contributed by atoms with Crippen LogP contribution >= 0.6 is 24.0 Å². The second-order valence-electron chi connectivity index (χ2n) is 6.65. The Morgan fingerprint density at radius 1 is 1.25 bits per heavy atom. The fourth-order valence-electron chi connectivity index (χ4n) is 2.41. The van der Waals surface area contributed by atoms with Crippen LogP contribution in [0.15, 0.2) is 4.99 Å². The van der Waals surface area contributed by atoms with Crippen LogP contribution in [-0.4, -0.2) is 50.0 Å². The van der Waals surface area contributed by atoms with Gasteiger partial charge in [0.25, 0.3) is 0 Å². The van der Waals surface area contributed by atoms with Gasteiger partial charge < -0.3 is 20.5 Å². The molecule has 1 fully saturated rings. The van der Waals surface area contributed by atoms with Crippen LogP contribution in [-0.2, 0) is 4.74 Å². The maximum absolute atomic E-state index is 9.97. The summed E-state index contributed by atoms with van der Waals surface area (Å²) >= 11 is 0. The second kappa shape index (κ2) is 15.2. The van der Waals surface area contributed by atoms with E-state index in [0.717, 1.165) is 31.6 Å². The number of aliphatic hydroxyl groups excluding tert-OH is 1. The van der Waals surface area contributed by atoms with E-state index in [2.05, 4.69) is 36.4 Å². The molecule has 3 N–H and O–H groups in total. The number of hydrogen-bond acceptors (Lipinski definition) is 3. The number of ether oxygens (including phenoxy) is 1. The van der Waals surface area contributed by atoms with Gasteiger partial charge in [-0.25, -0.2) is 0 Å². The number of halogens is 1. The average molecular weight is 455 g/mol. The van der Waals surface area contributed by atoms with Gasteiger partial charge in [-0.3, -0.25) is 4.99 Å². The largest absolute Gasteiger partial charge is 0.389 e. The average Bonchev–Trinajstić information content (AvgIpc) is 3.36. The van der Waals surface area contributed by atoms with Gasteiger partial charge in [0, 0.05) is 26.2 Å². The van der Waals surface area contributed by atoms with Crippen molar-refractivity contribution in [2.24, 2.45) is 16.8 Å². The summed E-state index contributed by atoms with van der Waals surface area (Å²) in [5, 5.41) is 16.4. The Labute approximate surface area is 165 Å². The van der Waals surface area contributed by atoms with Crippen LogP contribution in [0.4, 0.5) is 0 Å². The molecule has 0 amide bonds. The van der Waals surface area contributed by atoms with Gasteiger partial charge in [-0.15, -0.1) is 24.0 Å². The van der Waals surface area contributed by atoms with Crippen LogP contribution in [0.1, 0.15) is 59.3 Å². The minimum atomic E-state index is -0.486. The lowest BCUT2D eigenvalue weighted by atomic mass is 10.00. The summed E-state index contributed by atoms with van der Waals surface area (Å²) in [5.74, 6) is 2.18. The molecule has 0 radical (unpaired) electrons. The van der Waals surface area contributed by atoms with E-state index in [9.17, 15) is 5.11 Å². The first-order chi connectivity index (χ1) is 11.2. The molecule has 1 aliphatic rings. The molecule has 0 saturated heterocycles.